The molecule has 0 aliphatic heterocycles. The average molecular weight is 319 g/mol. The van der Waals surface area contributed by atoms with E-state index in [1.807, 2.05) is 12.1 Å². The summed E-state index contributed by atoms with van der Waals surface area (Å²) >= 11 is 3.35. The fourth-order valence-corrected chi connectivity index (χ4v) is 2.32. The van der Waals surface area contributed by atoms with Gasteiger partial charge in [0.15, 0.2) is 5.58 Å². The van der Waals surface area contributed by atoms with Crippen LogP contribution in [0, 0.1) is 6.07 Å². The maximum atomic E-state index is 12.0. The van der Waals surface area contributed by atoms with E-state index in [0.717, 1.165) is 4.47 Å². The molecule has 1 aromatic heterocycles. The van der Waals surface area contributed by atoms with Crippen LogP contribution < -0.4 is 10.5 Å². The Morgan fingerprint density at radius 1 is 1.37 bits per heavy atom. The van der Waals surface area contributed by atoms with Crippen molar-refractivity contribution in [2.75, 3.05) is 7.11 Å². The summed E-state index contributed by atoms with van der Waals surface area (Å²) in [7, 11) is 1.56. The van der Waals surface area contributed by atoms with E-state index in [0.29, 0.717) is 22.5 Å². The molecule has 0 bridgehead atoms. The number of hydrogen-bond donors (Lipinski definition) is 0. The van der Waals surface area contributed by atoms with Crippen molar-refractivity contribution in [2.24, 2.45) is 0 Å². The third-order valence-electron chi connectivity index (χ3n) is 2.81. The van der Waals surface area contributed by atoms with Gasteiger partial charge in [-0.05, 0) is 36.4 Å². The number of ether oxygens (including phenoxy) is 1. The highest BCUT2D eigenvalue weighted by Gasteiger charge is 2.14. The first-order valence-electron chi connectivity index (χ1n) is 5.56. The van der Waals surface area contributed by atoms with E-state index in [1.54, 1.807) is 31.4 Å². The van der Waals surface area contributed by atoms with Gasteiger partial charge in [0.2, 0.25) is 0 Å². The van der Waals surface area contributed by atoms with Crippen LogP contribution in [0.5, 0.6) is 5.75 Å². The molecule has 0 unspecified atom stereocenters. The fourth-order valence-electron chi connectivity index (χ4n) is 1.98. The van der Waals surface area contributed by atoms with Crippen molar-refractivity contribution in [3.05, 3.63) is 57.5 Å². The summed E-state index contributed by atoms with van der Waals surface area (Å²) in [6, 6.07) is 13.5. The molecule has 3 aromatic rings. The van der Waals surface area contributed by atoms with Crippen molar-refractivity contribution >= 4 is 27.0 Å². The predicted octanol–water partition coefficient (Wildman–Crippen LogP) is 3.15. The lowest BCUT2D eigenvalue weighted by Gasteiger charge is -2.07. The number of rotatable bonds is 2. The largest absolute Gasteiger partial charge is 0.495 e. The van der Waals surface area contributed by atoms with E-state index in [1.165, 1.54) is 4.57 Å². The third kappa shape index (κ3) is 1.96. The van der Waals surface area contributed by atoms with Gasteiger partial charge in [-0.1, -0.05) is 22.0 Å². The fraction of sp³-hybridized carbons (Fsp3) is 0.0714. The Morgan fingerprint density at radius 2 is 2.21 bits per heavy atom. The number of oxazole rings is 1. The zero-order chi connectivity index (χ0) is 13.4. The van der Waals surface area contributed by atoms with Crippen molar-refractivity contribution < 1.29 is 9.15 Å². The Balaban J connectivity index is 2.36. The van der Waals surface area contributed by atoms with Crippen molar-refractivity contribution in [3.8, 4) is 11.4 Å². The van der Waals surface area contributed by atoms with Crippen LogP contribution in [-0.2, 0) is 0 Å². The summed E-state index contributed by atoms with van der Waals surface area (Å²) < 4.78 is 12.8. The Hall–Kier alpha value is -2.01. The van der Waals surface area contributed by atoms with Gasteiger partial charge in [-0.15, -0.1) is 0 Å². The van der Waals surface area contributed by atoms with Crippen LogP contribution in [0.3, 0.4) is 0 Å². The van der Waals surface area contributed by atoms with Gasteiger partial charge in [0.25, 0.3) is 0 Å². The highest BCUT2D eigenvalue weighted by molar-refractivity contribution is 9.10. The van der Waals surface area contributed by atoms with Gasteiger partial charge >= 0.3 is 5.76 Å². The number of fused-ring (bicyclic) bond motifs is 1. The molecule has 19 heavy (non-hydrogen) atoms. The molecule has 1 heterocycles. The molecule has 0 aliphatic rings. The van der Waals surface area contributed by atoms with Crippen molar-refractivity contribution in [1.29, 1.82) is 0 Å². The van der Waals surface area contributed by atoms with E-state index < -0.39 is 5.76 Å². The molecule has 95 valence electrons. The normalized spacial score (nSPS) is 10.8. The minimum atomic E-state index is -0.453. The van der Waals surface area contributed by atoms with Crippen LogP contribution >= 0.6 is 15.9 Å². The van der Waals surface area contributed by atoms with Crippen molar-refractivity contribution in [3.63, 3.8) is 0 Å². The third-order valence-corrected chi connectivity index (χ3v) is 3.30. The first-order chi connectivity index (χ1) is 9.20. The van der Waals surface area contributed by atoms with Gasteiger partial charge in [-0.2, -0.15) is 0 Å². The molecule has 0 saturated heterocycles. The molecule has 5 heteroatoms. The maximum absolute atomic E-state index is 12.0. The Kier molecular flexibility index (Phi) is 2.91. The Bertz CT molecular complexity index is 804. The quantitative estimate of drug-likeness (QED) is 0.729. The molecule has 2 aromatic carbocycles. The second-order valence-electron chi connectivity index (χ2n) is 3.91. The number of nitrogens with zero attached hydrogens (tertiary/aromatic N) is 1. The lowest BCUT2D eigenvalue weighted by Crippen LogP contribution is -2.12. The Labute approximate surface area is 117 Å². The molecule has 0 spiro atoms. The van der Waals surface area contributed by atoms with Crippen LogP contribution in [0.2, 0.25) is 0 Å². The molecule has 0 fully saturated rings. The zero-order valence-electron chi connectivity index (χ0n) is 10.0. The molecular formula is C14H9BrNO3. The van der Waals surface area contributed by atoms with Crippen LogP contribution in [0.4, 0.5) is 0 Å². The molecule has 4 nitrogen and oxygen atoms in total. The molecule has 0 amide bonds. The summed E-state index contributed by atoms with van der Waals surface area (Å²) in [5, 5.41) is 0. The number of aromatic nitrogens is 1. The van der Waals surface area contributed by atoms with Gasteiger partial charge in [-0.25, -0.2) is 9.36 Å². The second kappa shape index (κ2) is 4.59. The SMILES string of the molecule is COc1cc[c]cc1-n1c(=O)oc2cc(Br)ccc21. The van der Waals surface area contributed by atoms with Crippen molar-refractivity contribution in [1.82, 2.24) is 4.57 Å². The summed E-state index contributed by atoms with van der Waals surface area (Å²) in [4.78, 5) is 12.0. The molecule has 0 atom stereocenters. The highest BCUT2D eigenvalue weighted by Crippen LogP contribution is 2.26. The number of benzene rings is 2. The molecule has 0 aliphatic carbocycles. The van der Waals surface area contributed by atoms with E-state index in [4.69, 9.17) is 9.15 Å². The highest BCUT2D eigenvalue weighted by atomic mass is 79.9. The first-order valence-corrected chi connectivity index (χ1v) is 6.35. The number of halogens is 1. The Morgan fingerprint density at radius 3 is 3.00 bits per heavy atom. The number of methoxy groups -OCH3 is 1. The van der Waals surface area contributed by atoms with Crippen LogP contribution in [-0.4, -0.2) is 11.7 Å². The lowest BCUT2D eigenvalue weighted by molar-refractivity contribution is 0.411. The van der Waals surface area contributed by atoms with E-state index in [9.17, 15) is 4.79 Å². The molecule has 3 rings (SSSR count). The van der Waals surface area contributed by atoms with E-state index in [-0.39, 0.29) is 0 Å². The zero-order valence-corrected chi connectivity index (χ0v) is 11.6. The smallest absolute Gasteiger partial charge is 0.424 e. The minimum Gasteiger partial charge on any atom is -0.495 e. The van der Waals surface area contributed by atoms with Gasteiger partial charge in [0, 0.05) is 4.47 Å². The molecule has 1 radical (unpaired) electrons. The molecule has 0 N–H and O–H groups in total. The lowest BCUT2D eigenvalue weighted by atomic mass is 10.2. The topological polar surface area (TPSA) is 44.4 Å². The monoisotopic (exact) mass is 318 g/mol. The van der Waals surface area contributed by atoms with Gasteiger partial charge in [0.1, 0.15) is 5.75 Å². The van der Waals surface area contributed by atoms with Gasteiger partial charge in [-0.3, -0.25) is 0 Å². The average Bonchev–Trinajstić information content (AvgIpc) is 2.73. The van der Waals surface area contributed by atoms with Gasteiger partial charge < -0.3 is 9.15 Å². The first kappa shape index (κ1) is 12.0. The van der Waals surface area contributed by atoms with E-state index >= 15 is 0 Å². The summed E-state index contributed by atoms with van der Waals surface area (Å²) in [6.07, 6.45) is 0. The molecular weight excluding hydrogens is 310 g/mol. The number of hydrogen-bond acceptors (Lipinski definition) is 3. The standard InChI is InChI=1S/C14H9BrNO3/c1-18-12-5-3-2-4-10(12)16-11-7-6-9(15)8-13(11)19-14(16)17/h3-8H,1H3. The second-order valence-corrected chi connectivity index (χ2v) is 4.83. The maximum Gasteiger partial charge on any atom is 0.424 e. The minimum absolute atomic E-state index is 0.453. The predicted molar refractivity (Wildman–Crippen MR) is 74.9 cm³/mol. The van der Waals surface area contributed by atoms with E-state index in [2.05, 4.69) is 22.0 Å². The van der Waals surface area contributed by atoms with Crippen LogP contribution in [0.25, 0.3) is 16.8 Å². The van der Waals surface area contributed by atoms with Crippen LogP contribution in [0.15, 0.2) is 50.1 Å². The van der Waals surface area contributed by atoms with Crippen molar-refractivity contribution in [2.45, 2.75) is 0 Å². The van der Waals surface area contributed by atoms with Crippen LogP contribution in [0.1, 0.15) is 0 Å². The summed E-state index contributed by atoms with van der Waals surface area (Å²) in [5.74, 6) is 0.137. The van der Waals surface area contributed by atoms with Gasteiger partial charge in [0.05, 0.1) is 18.3 Å². The summed E-state index contributed by atoms with van der Waals surface area (Å²) in [6.45, 7) is 0. The summed E-state index contributed by atoms with van der Waals surface area (Å²) in [5.41, 5.74) is 1.81. The molecule has 0 saturated carbocycles.